The lowest BCUT2D eigenvalue weighted by atomic mass is 9.94. The summed E-state index contributed by atoms with van der Waals surface area (Å²) in [4.78, 5) is 14.9. The van der Waals surface area contributed by atoms with Crippen molar-refractivity contribution in [1.82, 2.24) is 15.0 Å². The van der Waals surface area contributed by atoms with Crippen molar-refractivity contribution in [2.75, 3.05) is 0 Å². The molecule has 6 heteroatoms. The summed E-state index contributed by atoms with van der Waals surface area (Å²) in [5, 5.41) is 6.26. The van der Waals surface area contributed by atoms with Crippen molar-refractivity contribution in [3.8, 4) is 56.4 Å². The summed E-state index contributed by atoms with van der Waals surface area (Å²) in [7, 11) is 0. The second-order valence-corrected chi connectivity index (χ2v) is 14.3. The number of aromatic nitrogens is 3. The van der Waals surface area contributed by atoms with E-state index >= 15 is 0 Å². The summed E-state index contributed by atoms with van der Waals surface area (Å²) < 4.78 is 19.9. The summed E-state index contributed by atoms with van der Waals surface area (Å²) in [5.41, 5.74) is 11.6. The normalized spacial score (nSPS) is 11.9. The van der Waals surface area contributed by atoms with Gasteiger partial charge in [0.2, 0.25) is 0 Å². The molecule has 0 aliphatic rings. The van der Waals surface area contributed by atoms with E-state index in [9.17, 15) is 0 Å². The van der Waals surface area contributed by atoms with Crippen LogP contribution in [-0.4, -0.2) is 15.0 Å². The van der Waals surface area contributed by atoms with Gasteiger partial charge in [0.25, 0.3) is 0 Å². The first-order valence-electron chi connectivity index (χ1n) is 18.9. The third kappa shape index (κ3) is 5.01. The van der Waals surface area contributed by atoms with Gasteiger partial charge in [0.05, 0.1) is 5.56 Å². The molecule has 0 aliphatic carbocycles. The zero-order valence-electron chi connectivity index (χ0n) is 30.3. The van der Waals surface area contributed by atoms with E-state index in [1.807, 2.05) is 103 Å². The monoisotopic (exact) mass is 731 g/mol. The lowest BCUT2D eigenvalue weighted by Crippen LogP contribution is -2.00. The highest BCUT2D eigenvalue weighted by Gasteiger charge is 2.21. The van der Waals surface area contributed by atoms with Crippen LogP contribution in [0.3, 0.4) is 0 Å². The molecule has 12 rings (SSSR count). The van der Waals surface area contributed by atoms with Gasteiger partial charge in [0, 0.05) is 54.6 Å². The maximum atomic E-state index is 6.69. The van der Waals surface area contributed by atoms with Crippen LogP contribution in [0.2, 0.25) is 0 Å². The predicted molar refractivity (Wildman–Crippen MR) is 229 cm³/mol. The van der Waals surface area contributed by atoms with Crippen LogP contribution >= 0.6 is 0 Å². The molecule has 0 saturated carbocycles. The topological polar surface area (TPSA) is 78.1 Å². The molecule has 6 nitrogen and oxygen atoms in total. The van der Waals surface area contributed by atoms with Crippen LogP contribution in [0.5, 0.6) is 0 Å². The molecule has 0 radical (unpaired) electrons. The summed E-state index contributed by atoms with van der Waals surface area (Å²) in [6.07, 6.45) is 0. The Morgan fingerprint density at radius 1 is 0.263 bits per heavy atom. The molecule has 0 unspecified atom stereocenters. The number of benzene rings is 8. The SMILES string of the molecule is c1ccc(-c2nc(-c3ccccc3)nc(-c3cccc4c3oc3ccc(-c5cc(-c6cccc7c6oc6ccccc67)cc6c5oc5ccccc56)cc34)n2)cc1. The van der Waals surface area contributed by atoms with Crippen LogP contribution in [0.25, 0.3) is 122 Å². The van der Waals surface area contributed by atoms with Crippen LogP contribution in [0.4, 0.5) is 0 Å². The van der Waals surface area contributed by atoms with Crippen molar-refractivity contribution in [2.45, 2.75) is 0 Å². The third-order valence-electron chi connectivity index (χ3n) is 10.9. The lowest BCUT2D eigenvalue weighted by Gasteiger charge is -2.09. The fourth-order valence-electron chi connectivity index (χ4n) is 8.24. The smallest absolute Gasteiger partial charge is 0.167 e. The molecule has 0 saturated heterocycles. The van der Waals surface area contributed by atoms with Gasteiger partial charge in [-0.1, -0.05) is 133 Å². The highest BCUT2D eigenvalue weighted by Crippen LogP contribution is 2.44. The third-order valence-corrected chi connectivity index (χ3v) is 10.9. The zero-order chi connectivity index (χ0) is 37.5. The molecule has 0 bridgehead atoms. The molecule has 0 N–H and O–H groups in total. The Balaban J connectivity index is 1.06. The average Bonchev–Trinajstić information content (AvgIpc) is 3.98. The number of rotatable bonds is 5. The van der Waals surface area contributed by atoms with E-state index in [0.29, 0.717) is 23.1 Å². The van der Waals surface area contributed by atoms with Gasteiger partial charge in [-0.25, -0.2) is 15.0 Å². The maximum Gasteiger partial charge on any atom is 0.167 e. The minimum absolute atomic E-state index is 0.545. The molecular weight excluding hydrogens is 703 g/mol. The van der Waals surface area contributed by atoms with Crippen LogP contribution in [-0.2, 0) is 0 Å². The minimum Gasteiger partial charge on any atom is -0.455 e. The van der Waals surface area contributed by atoms with Gasteiger partial charge in [-0.15, -0.1) is 0 Å². The van der Waals surface area contributed by atoms with Gasteiger partial charge in [-0.2, -0.15) is 0 Å². The predicted octanol–water partition coefficient (Wildman–Crippen LogP) is 13.9. The summed E-state index contributed by atoms with van der Waals surface area (Å²) in [5.74, 6) is 1.75. The number of furan rings is 3. The molecule has 266 valence electrons. The van der Waals surface area contributed by atoms with E-state index in [2.05, 4.69) is 72.8 Å². The quantitative estimate of drug-likeness (QED) is 0.175. The zero-order valence-corrected chi connectivity index (χ0v) is 30.3. The minimum atomic E-state index is 0.545. The van der Waals surface area contributed by atoms with Crippen LogP contribution in [0, 0.1) is 0 Å². The van der Waals surface area contributed by atoms with Crippen molar-refractivity contribution in [2.24, 2.45) is 0 Å². The molecule has 57 heavy (non-hydrogen) atoms. The van der Waals surface area contributed by atoms with Crippen molar-refractivity contribution >= 4 is 65.8 Å². The van der Waals surface area contributed by atoms with Crippen molar-refractivity contribution in [3.05, 3.63) is 176 Å². The summed E-state index contributed by atoms with van der Waals surface area (Å²) >= 11 is 0. The lowest BCUT2D eigenvalue weighted by molar-refractivity contribution is 0.668. The summed E-state index contributed by atoms with van der Waals surface area (Å²) in [6.45, 7) is 0. The fraction of sp³-hybridized carbons (Fsp3) is 0. The summed E-state index contributed by atoms with van der Waals surface area (Å²) in [6, 6.07) is 59.8. The Labute approximate surface area is 325 Å². The first-order chi connectivity index (χ1) is 28.2. The van der Waals surface area contributed by atoms with Gasteiger partial charge in [-0.3, -0.25) is 0 Å². The van der Waals surface area contributed by atoms with E-state index in [4.69, 9.17) is 28.2 Å². The van der Waals surface area contributed by atoms with Gasteiger partial charge >= 0.3 is 0 Å². The molecule has 0 amide bonds. The second-order valence-electron chi connectivity index (χ2n) is 14.3. The van der Waals surface area contributed by atoms with Crippen LogP contribution in [0.1, 0.15) is 0 Å². The fourth-order valence-corrected chi connectivity index (χ4v) is 8.24. The molecule has 0 atom stereocenters. The number of hydrogen-bond donors (Lipinski definition) is 0. The standard InChI is InChI=1S/C51H29N3O3/c1-3-13-30(14-4-1)49-52-50(31-15-5-2-6-16-31)54-51(53-49)39-22-12-21-38-41-27-32(25-26-45(41)57-47(38)39)40-28-33(29-42-36-18-8-10-24-44(36)56-48(40)42)34-19-11-20-37-35-17-7-9-23-43(35)55-46(34)37/h1-29H. The van der Waals surface area contributed by atoms with E-state index in [-0.39, 0.29) is 0 Å². The molecule has 12 aromatic rings. The highest BCUT2D eigenvalue weighted by atomic mass is 16.3. The van der Waals surface area contributed by atoms with Crippen LogP contribution < -0.4 is 0 Å². The highest BCUT2D eigenvalue weighted by molar-refractivity contribution is 6.16. The Morgan fingerprint density at radius 3 is 1.40 bits per heavy atom. The van der Waals surface area contributed by atoms with E-state index < -0.39 is 0 Å². The number of fused-ring (bicyclic) bond motifs is 9. The maximum absolute atomic E-state index is 6.69. The molecule has 4 heterocycles. The number of nitrogens with zero attached hydrogens (tertiary/aromatic N) is 3. The molecule has 0 fully saturated rings. The Bertz CT molecular complexity index is 3470. The molecule has 0 aliphatic heterocycles. The Hall–Kier alpha value is -7.83. The van der Waals surface area contributed by atoms with Gasteiger partial charge in [0.15, 0.2) is 17.5 Å². The first-order valence-corrected chi connectivity index (χ1v) is 18.9. The molecule has 0 spiro atoms. The van der Waals surface area contributed by atoms with Gasteiger partial charge in [-0.05, 0) is 53.6 Å². The molecular formula is C51H29N3O3. The van der Waals surface area contributed by atoms with Crippen molar-refractivity contribution in [1.29, 1.82) is 0 Å². The average molecular weight is 732 g/mol. The van der Waals surface area contributed by atoms with E-state index in [1.54, 1.807) is 0 Å². The number of hydrogen-bond acceptors (Lipinski definition) is 6. The largest absolute Gasteiger partial charge is 0.455 e. The Kier molecular flexibility index (Phi) is 6.83. The van der Waals surface area contributed by atoms with Crippen molar-refractivity contribution < 1.29 is 13.3 Å². The number of para-hydroxylation sites is 4. The first kappa shape index (κ1) is 31.5. The van der Waals surface area contributed by atoms with Crippen LogP contribution in [0.15, 0.2) is 189 Å². The van der Waals surface area contributed by atoms with Crippen molar-refractivity contribution in [3.63, 3.8) is 0 Å². The molecule has 4 aromatic heterocycles. The van der Waals surface area contributed by atoms with E-state index in [0.717, 1.165) is 99.2 Å². The van der Waals surface area contributed by atoms with Gasteiger partial charge < -0.3 is 13.3 Å². The van der Waals surface area contributed by atoms with Gasteiger partial charge in [0.1, 0.15) is 33.5 Å². The Morgan fingerprint density at radius 2 is 0.737 bits per heavy atom. The van der Waals surface area contributed by atoms with E-state index in [1.165, 1.54) is 0 Å². The second kappa shape index (κ2) is 12.3. The molecule has 8 aromatic carbocycles.